The summed E-state index contributed by atoms with van der Waals surface area (Å²) in [6, 6.07) is 19.1. The van der Waals surface area contributed by atoms with Crippen LogP contribution < -0.4 is 0 Å². The molecule has 3 aromatic rings. The highest BCUT2D eigenvalue weighted by Gasteiger charge is 2.11. The second kappa shape index (κ2) is 7.60. The van der Waals surface area contributed by atoms with Gasteiger partial charge in [-0.1, -0.05) is 36.4 Å². The van der Waals surface area contributed by atoms with E-state index in [1.54, 1.807) is 0 Å². The van der Waals surface area contributed by atoms with Crippen LogP contribution in [0.5, 0.6) is 0 Å². The molecule has 1 aromatic heterocycles. The van der Waals surface area contributed by atoms with E-state index >= 15 is 0 Å². The topological polar surface area (TPSA) is 65.2 Å². The van der Waals surface area contributed by atoms with Crippen LogP contribution in [-0.4, -0.2) is 21.9 Å². The highest BCUT2D eigenvalue weighted by Crippen LogP contribution is 2.18. The summed E-state index contributed by atoms with van der Waals surface area (Å²) < 4.78 is 10.6. The maximum Gasteiger partial charge on any atom is 0.316 e. The Labute approximate surface area is 137 Å². The van der Waals surface area contributed by atoms with Gasteiger partial charge >= 0.3 is 5.97 Å². The maximum absolute atomic E-state index is 11.7. The van der Waals surface area contributed by atoms with Gasteiger partial charge in [0.1, 0.15) is 0 Å². The molecule has 0 bridgehead atoms. The fraction of sp³-hybridized carbons (Fsp3) is 0.118. The van der Waals surface area contributed by atoms with Gasteiger partial charge < -0.3 is 9.15 Å². The SMILES string of the molecule is O=C(CSc1ccccc1)OCc1nnc(-c2ccccc2)o1. The summed E-state index contributed by atoms with van der Waals surface area (Å²) in [5, 5.41) is 7.83. The lowest BCUT2D eigenvalue weighted by atomic mass is 10.2. The Kier molecular flexibility index (Phi) is 5.06. The Morgan fingerprint density at radius 2 is 1.70 bits per heavy atom. The molecule has 0 saturated heterocycles. The molecule has 0 fully saturated rings. The number of carbonyl (C=O) groups excluding carboxylic acids is 1. The van der Waals surface area contributed by atoms with Crippen LogP contribution in [0.3, 0.4) is 0 Å². The number of nitrogens with zero attached hydrogens (tertiary/aromatic N) is 2. The van der Waals surface area contributed by atoms with Gasteiger partial charge in [0.2, 0.25) is 5.89 Å². The molecule has 116 valence electrons. The molecule has 0 radical (unpaired) electrons. The zero-order valence-corrected chi connectivity index (χ0v) is 13.0. The van der Waals surface area contributed by atoms with Gasteiger partial charge in [0, 0.05) is 10.5 Å². The van der Waals surface area contributed by atoms with Crippen LogP contribution in [0.1, 0.15) is 5.89 Å². The molecule has 0 unspecified atom stereocenters. The van der Waals surface area contributed by atoms with E-state index in [9.17, 15) is 4.79 Å². The lowest BCUT2D eigenvalue weighted by Gasteiger charge is -2.02. The van der Waals surface area contributed by atoms with E-state index in [1.807, 2.05) is 60.7 Å². The number of carbonyl (C=O) groups is 1. The average molecular weight is 326 g/mol. The first-order valence-corrected chi connectivity index (χ1v) is 8.01. The van der Waals surface area contributed by atoms with Crippen LogP contribution in [0.2, 0.25) is 0 Å². The minimum Gasteiger partial charge on any atom is -0.455 e. The molecule has 0 N–H and O–H groups in total. The first kappa shape index (κ1) is 15.3. The van der Waals surface area contributed by atoms with Crippen molar-refractivity contribution in [3.63, 3.8) is 0 Å². The van der Waals surface area contributed by atoms with Crippen LogP contribution in [0.4, 0.5) is 0 Å². The van der Waals surface area contributed by atoms with Crippen molar-refractivity contribution in [1.29, 1.82) is 0 Å². The van der Waals surface area contributed by atoms with Gasteiger partial charge in [0.25, 0.3) is 5.89 Å². The van der Waals surface area contributed by atoms with Crippen molar-refractivity contribution in [3.05, 3.63) is 66.6 Å². The minimum atomic E-state index is -0.321. The van der Waals surface area contributed by atoms with Crippen molar-refractivity contribution in [2.45, 2.75) is 11.5 Å². The van der Waals surface area contributed by atoms with Crippen LogP contribution in [0, 0.1) is 0 Å². The summed E-state index contributed by atoms with van der Waals surface area (Å²) >= 11 is 1.42. The highest BCUT2D eigenvalue weighted by molar-refractivity contribution is 8.00. The third-order valence-electron chi connectivity index (χ3n) is 2.94. The van der Waals surface area contributed by atoms with Crippen LogP contribution in [-0.2, 0) is 16.1 Å². The molecule has 0 aliphatic heterocycles. The molecular weight excluding hydrogens is 312 g/mol. The number of benzene rings is 2. The number of rotatable bonds is 6. The van der Waals surface area contributed by atoms with Gasteiger partial charge in [-0.25, -0.2) is 0 Å². The second-order valence-electron chi connectivity index (χ2n) is 4.63. The quantitative estimate of drug-likeness (QED) is 0.509. The Bertz CT molecular complexity index is 760. The van der Waals surface area contributed by atoms with Crippen molar-refractivity contribution in [1.82, 2.24) is 10.2 Å². The van der Waals surface area contributed by atoms with E-state index in [1.165, 1.54) is 11.8 Å². The molecule has 1 heterocycles. The lowest BCUT2D eigenvalue weighted by Crippen LogP contribution is -2.07. The van der Waals surface area contributed by atoms with Crippen LogP contribution in [0.25, 0.3) is 11.5 Å². The predicted octanol–water partition coefficient (Wildman–Crippen LogP) is 3.57. The van der Waals surface area contributed by atoms with Gasteiger partial charge in [0.05, 0.1) is 5.75 Å². The van der Waals surface area contributed by atoms with Crippen molar-refractivity contribution in [3.8, 4) is 11.5 Å². The van der Waals surface area contributed by atoms with Gasteiger partial charge in [-0.05, 0) is 24.3 Å². The van der Waals surface area contributed by atoms with E-state index in [4.69, 9.17) is 9.15 Å². The first-order chi connectivity index (χ1) is 11.3. The van der Waals surface area contributed by atoms with Crippen molar-refractivity contribution < 1.29 is 13.9 Å². The molecule has 0 amide bonds. The smallest absolute Gasteiger partial charge is 0.316 e. The Hall–Kier alpha value is -2.60. The lowest BCUT2D eigenvalue weighted by molar-refractivity contribution is -0.142. The fourth-order valence-corrected chi connectivity index (χ4v) is 2.57. The standard InChI is InChI=1S/C17H14N2O3S/c20-16(12-23-14-9-5-2-6-10-14)21-11-15-18-19-17(22-15)13-7-3-1-4-8-13/h1-10H,11-12H2. The van der Waals surface area contributed by atoms with Crippen LogP contribution in [0.15, 0.2) is 70.0 Å². The minimum absolute atomic E-state index is 0.0198. The number of ether oxygens (including phenoxy) is 1. The highest BCUT2D eigenvalue weighted by atomic mass is 32.2. The first-order valence-electron chi connectivity index (χ1n) is 7.02. The van der Waals surface area contributed by atoms with E-state index in [-0.39, 0.29) is 24.2 Å². The van der Waals surface area contributed by atoms with E-state index in [0.717, 1.165) is 10.5 Å². The Balaban J connectivity index is 1.49. The molecule has 2 aromatic carbocycles. The van der Waals surface area contributed by atoms with Gasteiger partial charge in [0.15, 0.2) is 6.61 Å². The van der Waals surface area contributed by atoms with Crippen molar-refractivity contribution in [2.75, 3.05) is 5.75 Å². The summed E-state index contributed by atoms with van der Waals surface area (Å²) in [4.78, 5) is 12.8. The number of esters is 1. The molecule has 0 aliphatic carbocycles. The van der Waals surface area contributed by atoms with E-state index in [2.05, 4.69) is 10.2 Å². The summed E-state index contributed by atoms with van der Waals surface area (Å²) in [6.07, 6.45) is 0. The molecule has 0 saturated carbocycles. The molecule has 0 aliphatic rings. The molecule has 3 rings (SSSR count). The molecule has 0 atom stereocenters. The predicted molar refractivity (Wildman–Crippen MR) is 86.7 cm³/mol. The molecule has 5 nitrogen and oxygen atoms in total. The third kappa shape index (κ3) is 4.43. The van der Waals surface area contributed by atoms with Gasteiger partial charge in [-0.2, -0.15) is 0 Å². The number of hydrogen-bond donors (Lipinski definition) is 0. The zero-order chi connectivity index (χ0) is 15.9. The molecular formula is C17H14N2O3S. The summed E-state index contributed by atoms with van der Waals surface area (Å²) in [5.41, 5.74) is 0.831. The van der Waals surface area contributed by atoms with Crippen molar-refractivity contribution in [2.24, 2.45) is 0 Å². The number of thioether (sulfide) groups is 1. The van der Waals surface area contributed by atoms with E-state index < -0.39 is 0 Å². The van der Waals surface area contributed by atoms with Crippen LogP contribution >= 0.6 is 11.8 Å². The zero-order valence-electron chi connectivity index (χ0n) is 12.2. The summed E-state index contributed by atoms with van der Waals surface area (Å²) in [5.74, 6) is 0.611. The fourth-order valence-electron chi connectivity index (χ4n) is 1.85. The normalized spacial score (nSPS) is 10.4. The average Bonchev–Trinajstić information content (AvgIpc) is 3.09. The van der Waals surface area contributed by atoms with Crippen molar-refractivity contribution >= 4 is 17.7 Å². The summed E-state index contributed by atoms with van der Waals surface area (Å²) in [6.45, 7) is -0.0198. The molecule has 0 spiro atoms. The molecule has 6 heteroatoms. The van der Waals surface area contributed by atoms with Gasteiger partial charge in [-0.15, -0.1) is 22.0 Å². The third-order valence-corrected chi connectivity index (χ3v) is 3.93. The van der Waals surface area contributed by atoms with E-state index in [0.29, 0.717) is 5.89 Å². The monoisotopic (exact) mass is 326 g/mol. The molecule has 23 heavy (non-hydrogen) atoms. The Morgan fingerprint density at radius 3 is 2.43 bits per heavy atom. The maximum atomic E-state index is 11.7. The summed E-state index contributed by atoms with van der Waals surface area (Å²) in [7, 11) is 0. The second-order valence-corrected chi connectivity index (χ2v) is 5.68. The Morgan fingerprint density at radius 1 is 1.00 bits per heavy atom. The largest absolute Gasteiger partial charge is 0.455 e. The number of hydrogen-bond acceptors (Lipinski definition) is 6. The van der Waals surface area contributed by atoms with Gasteiger partial charge in [-0.3, -0.25) is 4.79 Å². The number of aromatic nitrogens is 2.